The van der Waals surface area contributed by atoms with E-state index in [1.807, 2.05) is 12.1 Å². The van der Waals surface area contributed by atoms with Gasteiger partial charge in [-0.25, -0.2) is 0 Å². The van der Waals surface area contributed by atoms with Gasteiger partial charge in [0.2, 0.25) is 0 Å². The molecule has 2 N–H and O–H groups in total. The van der Waals surface area contributed by atoms with Crippen molar-refractivity contribution in [1.82, 2.24) is 5.32 Å². The van der Waals surface area contributed by atoms with Crippen molar-refractivity contribution in [3.63, 3.8) is 0 Å². The number of nitrogens with one attached hydrogen (secondary N) is 1. The molecule has 0 radical (unpaired) electrons. The average molecular weight is 285 g/mol. The highest BCUT2D eigenvalue weighted by Gasteiger charge is 2.12. The van der Waals surface area contributed by atoms with Crippen molar-refractivity contribution in [2.75, 3.05) is 0 Å². The van der Waals surface area contributed by atoms with E-state index < -0.39 is 0 Å². The van der Waals surface area contributed by atoms with E-state index in [9.17, 15) is 0 Å². The molecule has 1 aliphatic carbocycles. The van der Waals surface area contributed by atoms with Gasteiger partial charge in [-0.15, -0.1) is 0 Å². The summed E-state index contributed by atoms with van der Waals surface area (Å²) < 4.78 is 5.50. The largest absolute Gasteiger partial charge is 0.462 e. The van der Waals surface area contributed by atoms with E-state index in [1.54, 1.807) is 0 Å². The first-order valence-electron chi connectivity index (χ1n) is 7.80. The first-order valence-corrected chi connectivity index (χ1v) is 7.80. The molecule has 0 saturated carbocycles. The molecule has 3 rings (SSSR count). The fourth-order valence-electron chi connectivity index (χ4n) is 3.00. The van der Waals surface area contributed by atoms with Gasteiger partial charge in [-0.3, -0.25) is 0 Å². The lowest BCUT2D eigenvalue weighted by Gasteiger charge is -2.19. The Morgan fingerprint density at radius 2 is 1.86 bits per heavy atom. The predicted molar refractivity (Wildman–Crippen MR) is 83.0 cm³/mol. The van der Waals surface area contributed by atoms with Crippen LogP contribution in [0.2, 0.25) is 0 Å². The molecule has 1 heterocycles. The fraction of sp³-hybridized carbons (Fsp3) is 0.444. The van der Waals surface area contributed by atoms with Gasteiger partial charge in [0.15, 0.2) is 0 Å². The molecule has 1 aromatic heterocycles. The Morgan fingerprint density at radius 3 is 2.62 bits per heavy atom. The van der Waals surface area contributed by atoms with Crippen LogP contribution >= 0.6 is 0 Å². The first-order chi connectivity index (χ1) is 10.3. The van der Waals surface area contributed by atoms with Crippen LogP contribution in [-0.4, -0.2) is 5.11 Å². The molecule has 1 atom stereocenters. The number of aliphatic hydroxyl groups is 1. The Bertz CT molecular complexity index is 603. The molecule has 112 valence electrons. The Kier molecular flexibility index (Phi) is 4.42. The number of benzene rings is 1. The molecule has 3 heteroatoms. The van der Waals surface area contributed by atoms with Gasteiger partial charge in [0, 0.05) is 6.04 Å². The fourth-order valence-corrected chi connectivity index (χ4v) is 3.00. The van der Waals surface area contributed by atoms with Crippen molar-refractivity contribution in [1.29, 1.82) is 0 Å². The number of hydrogen-bond acceptors (Lipinski definition) is 3. The van der Waals surface area contributed by atoms with Crippen LogP contribution in [0.25, 0.3) is 0 Å². The van der Waals surface area contributed by atoms with Gasteiger partial charge in [0.25, 0.3) is 0 Å². The molecule has 0 unspecified atom stereocenters. The second-order valence-electron chi connectivity index (χ2n) is 5.86. The molecule has 0 saturated heterocycles. The lowest BCUT2D eigenvalue weighted by Crippen LogP contribution is -2.18. The van der Waals surface area contributed by atoms with Crippen LogP contribution in [0.15, 0.2) is 34.7 Å². The topological polar surface area (TPSA) is 45.4 Å². The summed E-state index contributed by atoms with van der Waals surface area (Å²) in [5, 5.41) is 12.5. The number of rotatable bonds is 5. The van der Waals surface area contributed by atoms with E-state index in [-0.39, 0.29) is 6.61 Å². The minimum Gasteiger partial charge on any atom is -0.462 e. The maximum Gasteiger partial charge on any atom is 0.129 e. The second kappa shape index (κ2) is 6.46. The maximum atomic E-state index is 9.00. The van der Waals surface area contributed by atoms with Crippen molar-refractivity contribution in [3.8, 4) is 0 Å². The summed E-state index contributed by atoms with van der Waals surface area (Å²) in [4.78, 5) is 0. The summed E-state index contributed by atoms with van der Waals surface area (Å²) in [6.07, 6.45) is 5.09. The Labute approximate surface area is 126 Å². The Morgan fingerprint density at radius 1 is 1.10 bits per heavy atom. The third-order valence-electron chi connectivity index (χ3n) is 4.33. The quantitative estimate of drug-likeness (QED) is 0.883. The van der Waals surface area contributed by atoms with Gasteiger partial charge in [-0.05, 0) is 61.4 Å². The van der Waals surface area contributed by atoms with E-state index in [4.69, 9.17) is 9.52 Å². The second-order valence-corrected chi connectivity index (χ2v) is 5.86. The zero-order chi connectivity index (χ0) is 14.7. The van der Waals surface area contributed by atoms with E-state index in [1.165, 1.54) is 42.4 Å². The van der Waals surface area contributed by atoms with Crippen LogP contribution in [0.4, 0.5) is 0 Å². The molecule has 0 bridgehead atoms. The lowest BCUT2D eigenvalue weighted by molar-refractivity contribution is 0.242. The summed E-state index contributed by atoms with van der Waals surface area (Å²) in [5.74, 6) is 1.48. The molecule has 0 spiro atoms. The van der Waals surface area contributed by atoms with Gasteiger partial charge in [0.05, 0.1) is 6.54 Å². The van der Waals surface area contributed by atoms with Gasteiger partial charge in [-0.1, -0.05) is 18.2 Å². The minimum atomic E-state index is -0.0413. The molecule has 21 heavy (non-hydrogen) atoms. The lowest BCUT2D eigenvalue weighted by atomic mass is 9.89. The van der Waals surface area contributed by atoms with Gasteiger partial charge < -0.3 is 14.8 Å². The van der Waals surface area contributed by atoms with Crippen LogP contribution in [0, 0.1) is 0 Å². The number of hydrogen-bond donors (Lipinski definition) is 2. The molecule has 0 aliphatic heterocycles. The van der Waals surface area contributed by atoms with Crippen molar-refractivity contribution in [2.24, 2.45) is 0 Å². The molecule has 1 aromatic carbocycles. The highest BCUT2D eigenvalue weighted by Crippen LogP contribution is 2.25. The molecule has 0 amide bonds. The number of aryl methyl sites for hydroxylation is 2. The summed E-state index contributed by atoms with van der Waals surface area (Å²) in [7, 11) is 0. The minimum absolute atomic E-state index is 0.0413. The monoisotopic (exact) mass is 285 g/mol. The van der Waals surface area contributed by atoms with Crippen molar-refractivity contribution in [2.45, 2.75) is 51.8 Å². The standard InChI is InChI=1S/C18H23NO2/c1-13(19-11-17-8-9-18(12-20)21-17)15-7-6-14-4-2-3-5-16(14)10-15/h6-10,13,19-20H,2-5,11-12H2,1H3/t13-/m1/s1. The van der Waals surface area contributed by atoms with Crippen LogP contribution in [-0.2, 0) is 26.0 Å². The molecule has 0 fully saturated rings. The first kappa shape index (κ1) is 14.4. The number of furan rings is 1. The maximum absolute atomic E-state index is 9.00. The van der Waals surface area contributed by atoms with Crippen LogP contribution in [0.1, 0.15) is 54.0 Å². The smallest absolute Gasteiger partial charge is 0.129 e. The van der Waals surface area contributed by atoms with Gasteiger partial charge >= 0.3 is 0 Å². The normalized spacial score (nSPS) is 15.7. The molecule has 2 aromatic rings. The van der Waals surface area contributed by atoms with Crippen molar-refractivity contribution >= 4 is 0 Å². The Hall–Kier alpha value is -1.58. The predicted octanol–water partition coefficient (Wildman–Crippen LogP) is 3.50. The van der Waals surface area contributed by atoms with Crippen molar-refractivity contribution in [3.05, 3.63) is 58.5 Å². The van der Waals surface area contributed by atoms with E-state index in [0.717, 1.165) is 5.76 Å². The summed E-state index contributed by atoms with van der Waals surface area (Å²) in [6.45, 7) is 2.82. The zero-order valence-electron chi connectivity index (χ0n) is 12.6. The summed E-state index contributed by atoms with van der Waals surface area (Å²) in [5.41, 5.74) is 4.38. The summed E-state index contributed by atoms with van der Waals surface area (Å²) in [6, 6.07) is 10.9. The van der Waals surface area contributed by atoms with Crippen LogP contribution in [0.5, 0.6) is 0 Å². The molecular weight excluding hydrogens is 262 g/mol. The number of fused-ring (bicyclic) bond motifs is 1. The van der Waals surface area contributed by atoms with Crippen LogP contribution < -0.4 is 5.32 Å². The highest BCUT2D eigenvalue weighted by molar-refractivity contribution is 5.35. The van der Waals surface area contributed by atoms with Gasteiger partial charge in [0.1, 0.15) is 18.1 Å². The van der Waals surface area contributed by atoms with Gasteiger partial charge in [-0.2, -0.15) is 0 Å². The average Bonchev–Trinajstić information content (AvgIpc) is 3.00. The molecule has 3 nitrogen and oxygen atoms in total. The van der Waals surface area contributed by atoms with E-state index >= 15 is 0 Å². The van der Waals surface area contributed by atoms with E-state index in [2.05, 4.69) is 30.4 Å². The SMILES string of the molecule is C[C@@H](NCc1ccc(CO)o1)c1ccc2c(c1)CCCC2. The van der Waals surface area contributed by atoms with E-state index in [0.29, 0.717) is 18.3 Å². The van der Waals surface area contributed by atoms with Crippen LogP contribution in [0.3, 0.4) is 0 Å². The number of aliphatic hydroxyl groups excluding tert-OH is 1. The van der Waals surface area contributed by atoms with Crippen molar-refractivity contribution < 1.29 is 9.52 Å². The highest BCUT2D eigenvalue weighted by atomic mass is 16.4. The Balaban J connectivity index is 1.63. The zero-order valence-corrected chi connectivity index (χ0v) is 12.6. The summed E-state index contributed by atoms with van der Waals surface area (Å²) >= 11 is 0. The third kappa shape index (κ3) is 3.36. The third-order valence-corrected chi connectivity index (χ3v) is 4.33. The molecule has 1 aliphatic rings. The molecular formula is C18H23NO2.